The largest absolute Gasteiger partial charge is 0.413 e. The van der Waals surface area contributed by atoms with Crippen LogP contribution in [0.15, 0.2) is 30.3 Å². The molecule has 0 radical (unpaired) electrons. The number of likely N-dealkylation sites (tertiary alicyclic amines) is 1. The SMILES string of the molecule is O=C1CC(S)CN1C(c1ccccc1)C(F)(F)F. The molecule has 0 spiro atoms. The van der Waals surface area contributed by atoms with Crippen molar-refractivity contribution in [2.45, 2.75) is 23.9 Å². The fourth-order valence-corrected chi connectivity index (χ4v) is 2.47. The first-order valence-corrected chi connectivity index (χ1v) is 6.00. The Morgan fingerprint density at radius 1 is 1.28 bits per heavy atom. The molecule has 2 rings (SSSR count). The van der Waals surface area contributed by atoms with Crippen molar-refractivity contribution in [2.75, 3.05) is 6.54 Å². The van der Waals surface area contributed by atoms with E-state index in [-0.39, 0.29) is 23.8 Å². The molecule has 0 N–H and O–H groups in total. The highest BCUT2D eigenvalue weighted by atomic mass is 32.1. The van der Waals surface area contributed by atoms with Gasteiger partial charge in [-0.1, -0.05) is 30.3 Å². The van der Waals surface area contributed by atoms with Crippen LogP contribution in [0.3, 0.4) is 0 Å². The van der Waals surface area contributed by atoms with E-state index in [1.165, 1.54) is 24.3 Å². The van der Waals surface area contributed by atoms with Gasteiger partial charge in [0, 0.05) is 18.2 Å². The molecule has 2 unspecified atom stereocenters. The number of alkyl halides is 3. The molecule has 18 heavy (non-hydrogen) atoms. The molecule has 0 saturated carbocycles. The quantitative estimate of drug-likeness (QED) is 0.823. The Hall–Kier alpha value is -1.17. The average molecular weight is 275 g/mol. The molecule has 0 aliphatic carbocycles. The van der Waals surface area contributed by atoms with Gasteiger partial charge >= 0.3 is 6.18 Å². The van der Waals surface area contributed by atoms with E-state index in [4.69, 9.17) is 0 Å². The molecule has 1 saturated heterocycles. The normalized spacial score (nSPS) is 22.3. The number of nitrogens with zero attached hydrogens (tertiary/aromatic N) is 1. The van der Waals surface area contributed by atoms with Crippen molar-refractivity contribution >= 4 is 18.5 Å². The standard InChI is InChI=1S/C12H12F3NOS/c13-12(14,15)11(8-4-2-1-3-5-8)16-7-9(18)6-10(16)17/h1-5,9,11,18H,6-7H2. The Labute approximate surface area is 108 Å². The van der Waals surface area contributed by atoms with E-state index in [0.717, 1.165) is 4.90 Å². The number of halogens is 3. The molecule has 98 valence electrons. The third-order valence-electron chi connectivity index (χ3n) is 2.88. The van der Waals surface area contributed by atoms with Crippen LogP contribution >= 0.6 is 12.6 Å². The summed E-state index contributed by atoms with van der Waals surface area (Å²) in [7, 11) is 0. The minimum Gasteiger partial charge on any atom is -0.326 e. The van der Waals surface area contributed by atoms with Crippen LogP contribution in [-0.4, -0.2) is 28.8 Å². The van der Waals surface area contributed by atoms with Crippen LogP contribution in [-0.2, 0) is 4.79 Å². The summed E-state index contributed by atoms with van der Waals surface area (Å²) in [5, 5.41) is -0.328. The number of carbonyl (C=O) groups is 1. The minimum absolute atomic E-state index is 0.0288. The van der Waals surface area contributed by atoms with Gasteiger partial charge in [0.1, 0.15) is 0 Å². The predicted molar refractivity (Wildman–Crippen MR) is 64.3 cm³/mol. The molecule has 1 heterocycles. The number of hydrogen-bond donors (Lipinski definition) is 1. The van der Waals surface area contributed by atoms with Crippen LogP contribution in [0.1, 0.15) is 18.0 Å². The van der Waals surface area contributed by atoms with Crippen LogP contribution in [0, 0.1) is 0 Å². The fraction of sp³-hybridized carbons (Fsp3) is 0.417. The van der Waals surface area contributed by atoms with Gasteiger partial charge in [-0.05, 0) is 5.56 Å². The molecule has 1 aromatic rings. The monoisotopic (exact) mass is 275 g/mol. The molecule has 1 aliphatic heterocycles. The number of hydrogen-bond acceptors (Lipinski definition) is 2. The lowest BCUT2D eigenvalue weighted by atomic mass is 10.1. The van der Waals surface area contributed by atoms with Gasteiger partial charge in [-0.2, -0.15) is 25.8 Å². The van der Waals surface area contributed by atoms with Crippen molar-refractivity contribution in [2.24, 2.45) is 0 Å². The third kappa shape index (κ3) is 2.63. The van der Waals surface area contributed by atoms with Crippen molar-refractivity contribution in [3.05, 3.63) is 35.9 Å². The van der Waals surface area contributed by atoms with E-state index in [0.29, 0.717) is 0 Å². The zero-order valence-electron chi connectivity index (χ0n) is 9.39. The van der Waals surface area contributed by atoms with Gasteiger partial charge in [-0.25, -0.2) is 0 Å². The maximum atomic E-state index is 13.1. The summed E-state index contributed by atoms with van der Waals surface area (Å²) in [6.45, 7) is 0.0288. The molecule has 0 aromatic heterocycles. The second kappa shape index (κ2) is 4.84. The highest BCUT2D eigenvalue weighted by Crippen LogP contribution is 2.40. The number of carbonyl (C=O) groups excluding carboxylic acids is 1. The highest BCUT2D eigenvalue weighted by molar-refractivity contribution is 7.81. The van der Waals surface area contributed by atoms with E-state index in [1.807, 2.05) is 0 Å². The van der Waals surface area contributed by atoms with Crippen LogP contribution < -0.4 is 0 Å². The molecule has 1 aromatic carbocycles. The lowest BCUT2D eigenvalue weighted by Gasteiger charge is -2.30. The lowest BCUT2D eigenvalue weighted by molar-refractivity contribution is -0.188. The molecule has 6 heteroatoms. The van der Waals surface area contributed by atoms with Gasteiger partial charge in [-0.15, -0.1) is 0 Å². The van der Waals surface area contributed by atoms with Crippen molar-refractivity contribution in [3.63, 3.8) is 0 Å². The van der Waals surface area contributed by atoms with Gasteiger partial charge in [0.2, 0.25) is 5.91 Å². The van der Waals surface area contributed by atoms with Crippen molar-refractivity contribution < 1.29 is 18.0 Å². The summed E-state index contributed by atoms with van der Waals surface area (Å²) in [5.41, 5.74) is 0.0841. The first kappa shape index (κ1) is 13.3. The van der Waals surface area contributed by atoms with E-state index in [1.54, 1.807) is 6.07 Å². The highest BCUT2D eigenvalue weighted by Gasteiger charge is 2.48. The Morgan fingerprint density at radius 3 is 2.33 bits per heavy atom. The molecule has 1 amide bonds. The summed E-state index contributed by atoms with van der Waals surface area (Å²) in [4.78, 5) is 12.5. The van der Waals surface area contributed by atoms with E-state index in [2.05, 4.69) is 12.6 Å². The Bertz CT molecular complexity index is 435. The second-order valence-electron chi connectivity index (χ2n) is 4.26. The molecule has 2 atom stereocenters. The number of thiol groups is 1. The number of rotatable bonds is 2. The summed E-state index contributed by atoms with van der Waals surface area (Å²) >= 11 is 4.08. The Balaban J connectivity index is 2.36. The van der Waals surface area contributed by atoms with Crippen LogP contribution in [0.25, 0.3) is 0 Å². The fourth-order valence-electron chi connectivity index (χ4n) is 2.14. The molecule has 0 bridgehead atoms. The van der Waals surface area contributed by atoms with Gasteiger partial charge in [0.15, 0.2) is 6.04 Å². The van der Waals surface area contributed by atoms with Gasteiger partial charge in [0.05, 0.1) is 0 Å². The second-order valence-corrected chi connectivity index (χ2v) is 4.99. The number of amides is 1. The average Bonchev–Trinajstić information content (AvgIpc) is 2.58. The predicted octanol–water partition coefficient (Wildman–Crippen LogP) is 2.82. The Kier molecular flexibility index (Phi) is 3.56. The van der Waals surface area contributed by atoms with E-state index in [9.17, 15) is 18.0 Å². The maximum Gasteiger partial charge on any atom is 0.413 e. The van der Waals surface area contributed by atoms with E-state index < -0.39 is 18.1 Å². The summed E-state index contributed by atoms with van der Waals surface area (Å²) < 4.78 is 39.4. The van der Waals surface area contributed by atoms with Gasteiger partial charge in [-0.3, -0.25) is 4.79 Å². The zero-order chi connectivity index (χ0) is 13.3. The molecular weight excluding hydrogens is 263 g/mol. The molecule has 1 aliphatic rings. The van der Waals surface area contributed by atoms with Crippen molar-refractivity contribution in [3.8, 4) is 0 Å². The summed E-state index contributed by atoms with van der Waals surface area (Å²) in [6, 6.07) is 5.61. The summed E-state index contributed by atoms with van der Waals surface area (Å²) in [6.07, 6.45) is -4.42. The van der Waals surface area contributed by atoms with Crippen molar-refractivity contribution in [1.82, 2.24) is 4.90 Å². The molecular formula is C12H12F3NOS. The third-order valence-corrected chi connectivity index (χ3v) is 3.22. The maximum absolute atomic E-state index is 13.1. The first-order valence-electron chi connectivity index (χ1n) is 5.49. The Morgan fingerprint density at radius 2 is 1.89 bits per heavy atom. The lowest BCUT2D eigenvalue weighted by Crippen LogP contribution is -2.39. The van der Waals surface area contributed by atoms with Gasteiger partial charge < -0.3 is 4.90 Å². The minimum atomic E-state index is -4.48. The number of benzene rings is 1. The smallest absolute Gasteiger partial charge is 0.326 e. The molecule has 1 fully saturated rings. The zero-order valence-corrected chi connectivity index (χ0v) is 10.3. The van der Waals surface area contributed by atoms with Crippen LogP contribution in [0.2, 0.25) is 0 Å². The van der Waals surface area contributed by atoms with Crippen LogP contribution in [0.5, 0.6) is 0 Å². The first-order chi connectivity index (χ1) is 8.39. The van der Waals surface area contributed by atoms with Crippen molar-refractivity contribution in [1.29, 1.82) is 0 Å². The summed E-state index contributed by atoms with van der Waals surface area (Å²) in [5.74, 6) is -0.499. The van der Waals surface area contributed by atoms with Gasteiger partial charge in [0.25, 0.3) is 0 Å². The molecule has 2 nitrogen and oxygen atoms in total. The van der Waals surface area contributed by atoms with E-state index >= 15 is 0 Å². The van der Waals surface area contributed by atoms with Crippen LogP contribution in [0.4, 0.5) is 13.2 Å². The topological polar surface area (TPSA) is 20.3 Å².